The smallest absolute Gasteiger partial charge is 0.0604 e. The van der Waals surface area contributed by atoms with Gasteiger partial charge in [0, 0.05) is 24.7 Å². The van der Waals surface area contributed by atoms with E-state index in [0.29, 0.717) is 6.10 Å². The van der Waals surface area contributed by atoms with E-state index in [0.717, 1.165) is 24.7 Å². The molecule has 2 aliphatic heterocycles. The minimum atomic E-state index is 0.545. The lowest BCUT2D eigenvalue weighted by Gasteiger charge is -2.41. The first-order valence-electron chi connectivity index (χ1n) is 7.47. The molecule has 0 radical (unpaired) electrons. The minimum absolute atomic E-state index is 0.545. The topological polar surface area (TPSA) is 24.5 Å². The van der Waals surface area contributed by atoms with Crippen LogP contribution in [0.5, 0.6) is 0 Å². The van der Waals surface area contributed by atoms with E-state index in [2.05, 4.69) is 17.1 Å². The summed E-state index contributed by atoms with van der Waals surface area (Å²) in [6, 6.07) is 2.41. The van der Waals surface area contributed by atoms with Gasteiger partial charge in [0.15, 0.2) is 0 Å². The summed E-state index contributed by atoms with van der Waals surface area (Å²) in [6.07, 6.45) is 8.61. The Morgan fingerprint density at radius 1 is 1.12 bits per heavy atom. The molecule has 0 aromatic carbocycles. The summed E-state index contributed by atoms with van der Waals surface area (Å²) in [5.41, 5.74) is 0. The Morgan fingerprint density at radius 3 is 2.82 bits per heavy atom. The molecule has 2 unspecified atom stereocenters. The van der Waals surface area contributed by atoms with Crippen molar-refractivity contribution in [1.82, 2.24) is 10.2 Å². The lowest BCUT2D eigenvalue weighted by Crippen LogP contribution is -2.53. The molecule has 3 aliphatic rings. The van der Waals surface area contributed by atoms with Crippen LogP contribution in [0.15, 0.2) is 0 Å². The van der Waals surface area contributed by atoms with E-state index in [1.807, 2.05) is 0 Å². The van der Waals surface area contributed by atoms with Crippen molar-refractivity contribution in [3.8, 4) is 0 Å². The largest absolute Gasteiger partial charge is 0.378 e. The minimum Gasteiger partial charge on any atom is -0.378 e. The van der Waals surface area contributed by atoms with Crippen LogP contribution < -0.4 is 5.32 Å². The van der Waals surface area contributed by atoms with Gasteiger partial charge in [-0.2, -0.15) is 0 Å². The highest BCUT2D eigenvalue weighted by atomic mass is 16.5. The van der Waals surface area contributed by atoms with E-state index < -0.39 is 0 Å². The SMILES string of the molecule is CCOC1CC(NC2CCN3CCCC3C2)C1. The molecule has 3 rings (SSSR count). The van der Waals surface area contributed by atoms with Crippen LogP contribution in [0, 0.1) is 0 Å². The predicted molar refractivity (Wildman–Crippen MR) is 69.2 cm³/mol. The third-order valence-electron chi connectivity index (χ3n) is 4.79. The fraction of sp³-hybridized carbons (Fsp3) is 1.00. The van der Waals surface area contributed by atoms with Gasteiger partial charge in [0.2, 0.25) is 0 Å². The van der Waals surface area contributed by atoms with Crippen LogP contribution in [0.25, 0.3) is 0 Å². The molecule has 0 aromatic heterocycles. The van der Waals surface area contributed by atoms with Crippen LogP contribution >= 0.6 is 0 Å². The van der Waals surface area contributed by atoms with Gasteiger partial charge in [0.05, 0.1) is 6.10 Å². The van der Waals surface area contributed by atoms with Crippen molar-refractivity contribution in [1.29, 1.82) is 0 Å². The zero-order valence-electron chi connectivity index (χ0n) is 11.0. The summed E-state index contributed by atoms with van der Waals surface area (Å²) >= 11 is 0. The van der Waals surface area contributed by atoms with Crippen LogP contribution in [-0.4, -0.2) is 48.8 Å². The first-order valence-corrected chi connectivity index (χ1v) is 7.47. The molecule has 2 atom stereocenters. The molecule has 0 spiro atoms. The maximum absolute atomic E-state index is 5.62. The predicted octanol–water partition coefficient (Wildman–Crippen LogP) is 1.77. The van der Waals surface area contributed by atoms with Gasteiger partial charge in [-0.05, 0) is 58.5 Å². The molecule has 1 saturated carbocycles. The zero-order chi connectivity index (χ0) is 11.7. The quantitative estimate of drug-likeness (QED) is 0.808. The Balaban J connectivity index is 1.39. The van der Waals surface area contributed by atoms with Gasteiger partial charge in [-0.15, -0.1) is 0 Å². The van der Waals surface area contributed by atoms with Crippen molar-refractivity contribution in [2.75, 3.05) is 19.7 Å². The number of ether oxygens (including phenoxy) is 1. The number of piperidine rings is 1. The second-order valence-corrected chi connectivity index (χ2v) is 5.97. The van der Waals surface area contributed by atoms with Crippen molar-refractivity contribution in [3.05, 3.63) is 0 Å². The number of nitrogens with one attached hydrogen (secondary N) is 1. The molecule has 3 nitrogen and oxygen atoms in total. The van der Waals surface area contributed by atoms with Gasteiger partial charge in [0.1, 0.15) is 0 Å². The van der Waals surface area contributed by atoms with E-state index in [1.165, 1.54) is 51.6 Å². The van der Waals surface area contributed by atoms with Crippen molar-refractivity contribution < 1.29 is 4.74 Å². The molecule has 0 bridgehead atoms. The highest BCUT2D eigenvalue weighted by molar-refractivity contribution is 4.93. The molecular weight excluding hydrogens is 212 g/mol. The number of fused-ring (bicyclic) bond motifs is 1. The molecule has 1 aliphatic carbocycles. The summed E-state index contributed by atoms with van der Waals surface area (Å²) in [4.78, 5) is 2.70. The summed E-state index contributed by atoms with van der Waals surface area (Å²) in [7, 11) is 0. The first kappa shape index (κ1) is 11.9. The van der Waals surface area contributed by atoms with Gasteiger partial charge >= 0.3 is 0 Å². The summed E-state index contributed by atoms with van der Waals surface area (Å²) in [5.74, 6) is 0. The number of nitrogens with zero attached hydrogens (tertiary/aromatic N) is 1. The lowest BCUT2D eigenvalue weighted by molar-refractivity contribution is -0.0150. The van der Waals surface area contributed by atoms with Gasteiger partial charge < -0.3 is 15.0 Å². The normalized spacial score (nSPS) is 42.2. The fourth-order valence-corrected chi connectivity index (χ4v) is 3.78. The number of hydrogen-bond acceptors (Lipinski definition) is 3. The Hall–Kier alpha value is -0.120. The second kappa shape index (κ2) is 5.25. The fourth-order valence-electron chi connectivity index (χ4n) is 3.78. The maximum atomic E-state index is 5.62. The van der Waals surface area contributed by atoms with E-state index in [1.54, 1.807) is 0 Å². The monoisotopic (exact) mass is 238 g/mol. The second-order valence-electron chi connectivity index (χ2n) is 5.97. The van der Waals surface area contributed by atoms with Gasteiger partial charge in [-0.1, -0.05) is 0 Å². The van der Waals surface area contributed by atoms with Gasteiger partial charge in [-0.3, -0.25) is 0 Å². The van der Waals surface area contributed by atoms with Crippen LogP contribution in [0.2, 0.25) is 0 Å². The van der Waals surface area contributed by atoms with Crippen molar-refractivity contribution >= 4 is 0 Å². The Kier molecular flexibility index (Phi) is 3.69. The molecule has 0 amide bonds. The highest BCUT2D eigenvalue weighted by Gasteiger charge is 2.35. The first-order chi connectivity index (χ1) is 8.35. The lowest BCUT2D eigenvalue weighted by atomic mass is 9.87. The average molecular weight is 238 g/mol. The number of rotatable bonds is 4. The highest BCUT2D eigenvalue weighted by Crippen LogP contribution is 2.29. The Labute approximate surface area is 105 Å². The molecule has 98 valence electrons. The molecule has 3 fully saturated rings. The van der Waals surface area contributed by atoms with Gasteiger partial charge in [0.25, 0.3) is 0 Å². The van der Waals surface area contributed by atoms with E-state index in [-0.39, 0.29) is 0 Å². The van der Waals surface area contributed by atoms with Crippen molar-refractivity contribution in [2.24, 2.45) is 0 Å². The van der Waals surface area contributed by atoms with E-state index in [9.17, 15) is 0 Å². The maximum Gasteiger partial charge on any atom is 0.0604 e. The molecule has 2 saturated heterocycles. The average Bonchev–Trinajstić information content (AvgIpc) is 2.73. The third-order valence-corrected chi connectivity index (χ3v) is 4.79. The number of hydrogen-bond donors (Lipinski definition) is 1. The molecule has 17 heavy (non-hydrogen) atoms. The molecule has 0 aromatic rings. The third kappa shape index (κ3) is 2.67. The molecular formula is C14H26N2O. The Bertz CT molecular complexity index is 253. The van der Waals surface area contributed by atoms with E-state index >= 15 is 0 Å². The molecule has 1 N–H and O–H groups in total. The standard InChI is InChI=1S/C14H26N2O/c1-2-17-14-9-12(10-14)15-11-5-7-16-6-3-4-13(16)8-11/h11-15H,2-10H2,1H3. The van der Waals surface area contributed by atoms with Crippen molar-refractivity contribution in [2.45, 2.75) is 69.7 Å². The van der Waals surface area contributed by atoms with E-state index in [4.69, 9.17) is 4.74 Å². The zero-order valence-corrected chi connectivity index (χ0v) is 11.0. The summed E-state index contributed by atoms with van der Waals surface area (Å²) in [5, 5.41) is 3.85. The summed E-state index contributed by atoms with van der Waals surface area (Å²) < 4.78 is 5.62. The van der Waals surface area contributed by atoms with Crippen LogP contribution in [-0.2, 0) is 4.74 Å². The summed E-state index contributed by atoms with van der Waals surface area (Å²) in [6.45, 7) is 5.64. The molecule has 3 heteroatoms. The molecule has 2 heterocycles. The van der Waals surface area contributed by atoms with Gasteiger partial charge in [-0.25, -0.2) is 0 Å². The Morgan fingerprint density at radius 2 is 2.00 bits per heavy atom. The van der Waals surface area contributed by atoms with Crippen LogP contribution in [0.1, 0.15) is 45.4 Å². The van der Waals surface area contributed by atoms with Crippen LogP contribution in [0.3, 0.4) is 0 Å². The van der Waals surface area contributed by atoms with Crippen LogP contribution in [0.4, 0.5) is 0 Å². The van der Waals surface area contributed by atoms with Crippen molar-refractivity contribution in [3.63, 3.8) is 0 Å².